The number of epoxide rings is 1. The number of β-lactam (4-membered cyclic amide) rings is 1. The zero-order chi connectivity index (χ0) is 11.3. The minimum absolute atomic E-state index is 0. The molecule has 2 unspecified atom stereocenters. The number of nitrogens with zero attached hydrogens (tertiary/aromatic N) is 1. The van der Waals surface area contributed by atoms with E-state index in [-0.39, 0.29) is 52.6 Å². The van der Waals surface area contributed by atoms with Crippen LogP contribution in [0.1, 0.15) is 6.42 Å². The van der Waals surface area contributed by atoms with Gasteiger partial charge < -0.3 is 9.84 Å². The van der Waals surface area contributed by atoms with Crippen molar-refractivity contribution >= 4 is 65.0 Å². The Bertz CT molecular complexity index is 410. The predicted octanol–water partition coefficient (Wildman–Crippen LogP) is 0.0288. The number of carboxylic acids is 1. The van der Waals surface area contributed by atoms with E-state index in [2.05, 4.69) is 0 Å². The van der Waals surface area contributed by atoms with Crippen LogP contribution in [0, 0.1) is 0 Å². The Morgan fingerprint density at radius 2 is 2.35 bits per heavy atom. The van der Waals surface area contributed by atoms with Crippen LogP contribution in [0.15, 0.2) is 9.93 Å². The van der Waals surface area contributed by atoms with Gasteiger partial charge in [0.05, 0.1) is 28.7 Å². The van der Waals surface area contributed by atoms with Crippen LogP contribution in [0.4, 0.5) is 0 Å². The van der Waals surface area contributed by atoms with Crippen LogP contribution in [-0.2, 0) is 14.3 Å². The van der Waals surface area contributed by atoms with E-state index in [9.17, 15) is 9.59 Å². The second-order valence-corrected chi connectivity index (χ2v) is 6.22. The Hall–Kier alpha value is 0.340. The molecule has 3 aliphatic heterocycles. The van der Waals surface area contributed by atoms with Gasteiger partial charge in [-0.05, 0) is 0 Å². The number of ether oxygens (including phenoxy) is 1. The number of hydrogen-bond acceptors (Lipinski definition) is 5. The molecule has 0 aromatic carbocycles. The molecule has 0 spiro atoms. The third-order valence-corrected chi connectivity index (χ3v) is 5.28. The summed E-state index contributed by atoms with van der Waals surface area (Å²) in [5.41, 5.74) is 0.164. The summed E-state index contributed by atoms with van der Waals surface area (Å²) < 4.78 is 5.82. The van der Waals surface area contributed by atoms with Crippen molar-refractivity contribution < 1.29 is 19.4 Å². The summed E-state index contributed by atoms with van der Waals surface area (Å²) in [6.45, 7) is 0.763. The van der Waals surface area contributed by atoms with Crippen molar-refractivity contribution in [1.29, 1.82) is 0 Å². The number of hydrogen-bond donors (Lipinski definition) is 1. The maximum atomic E-state index is 11.3. The first-order valence-electron chi connectivity index (χ1n) is 4.87. The van der Waals surface area contributed by atoms with Gasteiger partial charge >= 0.3 is 35.5 Å². The first kappa shape index (κ1) is 13.8. The molecule has 1 amide bonds. The fourth-order valence-electron chi connectivity index (χ4n) is 1.65. The van der Waals surface area contributed by atoms with Crippen LogP contribution in [0.2, 0.25) is 0 Å². The van der Waals surface area contributed by atoms with Crippen LogP contribution in [-0.4, -0.2) is 75.3 Å². The van der Waals surface area contributed by atoms with Gasteiger partial charge in [0.1, 0.15) is 0 Å². The fourth-order valence-corrected chi connectivity index (χ4v) is 4.41. The molecule has 0 aliphatic carbocycles. The first-order chi connectivity index (χ1) is 7.66. The summed E-state index contributed by atoms with van der Waals surface area (Å²) in [6, 6.07) is 0. The van der Waals surface area contributed by atoms with Crippen molar-refractivity contribution in [3.8, 4) is 0 Å². The molecule has 3 heterocycles. The normalized spacial score (nSPS) is 29.6. The van der Waals surface area contributed by atoms with Crippen LogP contribution in [0.3, 0.4) is 0 Å². The fraction of sp³-hybridized carbons (Fsp3) is 0.556. The molecule has 0 aromatic rings. The molecule has 88 valence electrons. The number of carbonyl (C=O) groups is 2. The van der Waals surface area contributed by atoms with Crippen LogP contribution < -0.4 is 0 Å². The van der Waals surface area contributed by atoms with E-state index >= 15 is 0 Å². The van der Waals surface area contributed by atoms with Gasteiger partial charge in [0.2, 0.25) is 5.91 Å². The number of fused-ring (bicyclic) bond motifs is 1. The van der Waals surface area contributed by atoms with Gasteiger partial charge in [0.15, 0.2) is 5.70 Å². The molecule has 3 rings (SSSR count). The standard InChI is InChI=1S/C9H9NO4S2.Na.H/c11-5-1-6-10(5)7(8(12)13)9(16-6)15-3-4-2-14-4;;/h4,6H,1-3H2,(H,12,13);;. The molecule has 8 heteroatoms. The van der Waals surface area contributed by atoms with E-state index in [1.54, 1.807) is 0 Å². The Morgan fingerprint density at radius 1 is 1.65 bits per heavy atom. The number of rotatable bonds is 4. The van der Waals surface area contributed by atoms with Gasteiger partial charge in [0.25, 0.3) is 0 Å². The van der Waals surface area contributed by atoms with Crippen molar-refractivity contribution in [2.75, 3.05) is 12.4 Å². The predicted molar refractivity (Wildman–Crippen MR) is 66.9 cm³/mol. The number of aliphatic carboxylic acids is 1. The molecule has 3 aliphatic rings. The van der Waals surface area contributed by atoms with Crippen molar-refractivity contribution in [3.63, 3.8) is 0 Å². The molecule has 1 N–H and O–H groups in total. The van der Waals surface area contributed by atoms with E-state index in [4.69, 9.17) is 9.84 Å². The molecule has 5 nitrogen and oxygen atoms in total. The second-order valence-electron chi connectivity index (χ2n) is 3.75. The number of carboxylic acid groups (broad SMARTS) is 1. The summed E-state index contributed by atoms with van der Waals surface area (Å²) in [7, 11) is 0. The van der Waals surface area contributed by atoms with Crippen molar-refractivity contribution in [2.45, 2.75) is 17.9 Å². The summed E-state index contributed by atoms with van der Waals surface area (Å²) >= 11 is 2.97. The monoisotopic (exact) mass is 283 g/mol. The summed E-state index contributed by atoms with van der Waals surface area (Å²) in [6.07, 6.45) is 0.711. The molecule has 0 radical (unpaired) electrons. The minimum atomic E-state index is -1.01. The molecular weight excluding hydrogens is 273 g/mol. The quantitative estimate of drug-likeness (QED) is 0.446. The topological polar surface area (TPSA) is 70.1 Å². The Labute approximate surface area is 129 Å². The van der Waals surface area contributed by atoms with Gasteiger partial charge in [-0.3, -0.25) is 9.69 Å². The zero-order valence-corrected chi connectivity index (χ0v) is 9.84. The van der Waals surface area contributed by atoms with Crippen LogP contribution in [0.5, 0.6) is 0 Å². The molecule has 2 atom stereocenters. The third-order valence-electron chi connectivity index (χ3n) is 2.59. The average molecular weight is 283 g/mol. The second kappa shape index (κ2) is 5.14. The van der Waals surface area contributed by atoms with E-state index < -0.39 is 5.97 Å². The SMILES string of the molecule is O=C(O)C1=C(SCC2CO2)SC2CC(=O)N12.[NaH]. The molecule has 0 aromatic heterocycles. The average Bonchev–Trinajstić information content (AvgIpc) is 2.98. The van der Waals surface area contributed by atoms with Crippen LogP contribution >= 0.6 is 23.5 Å². The molecular formula is C9H10NNaO4S2. The summed E-state index contributed by atoms with van der Waals surface area (Å²) in [5, 5.41) is 9.11. The summed E-state index contributed by atoms with van der Waals surface area (Å²) in [4.78, 5) is 23.8. The molecule has 0 saturated carbocycles. The molecule has 0 bridgehead atoms. The van der Waals surface area contributed by atoms with Crippen molar-refractivity contribution in [3.05, 3.63) is 9.93 Å². The van der Waals surface area contributed by atoms with Gasteiger partial charge in [-0.25, -0.2) is 4.79 Å². The Balaban J connectivity index is 0.00000108. The van der Waals surface area contributed by atoms with Gasteiger partial charge in [-0.2, -0.15) is 0 Å². The molecule has 2 fully saturated rings. The van der Waals surface area contributed by atoms with Gasteiger partial charge in [0, 0.05) is 5.75 Å². The van der Waals surface area contributed by atoms with Crippen LogP contribution in [0.25, 0.3) is 0 Å². The maximum absolute atomic E-state index is 11.3. The number of thioether (sulfide) groups is 2. The first-order valence-corrected chi connectivity index (χ1v) is 6.74. The number of carbonyl (C=O) groups excluding carboxylic acids is 1. The van der Waals surface area contributed by atoms with E-state index in [1.807, 2.05) is 0 Å². The molecule has 2 saturated heterocycles. The van der Waals surface area contributed by atoms with Crippen molar-refractivity contribution in [2.24, 2.45) is 0 Å². The van der Waals surface area contributed by atoms with E-state index in [0.29, 0.717) is 6.42 Å². The van der Waals surface area contributed by atoms with Crippen molar-refractivity contribution in [1.82, 2.24) is 4.90 Å². The number of amides is 1. The summed E-state index contributed by atoms with van der Waals surface area (Å²) in [5.74, 6) is -0.330. The Morgan fingerprint density at radius 3 is 2.88 bits per heavy atom. The van der Waals surface area contributed by atoms with Gasteiger partial charge in [-0.15, -0.1) is 11.8 Å². The zero-order valence-electron chi connectivity index (χ0n) is 8.21. The van der Waals surface area contributed by atoms with E-state index in [0.717, 1.165) is 16.6 Å². The van der Waals surface area contributed by atoms with E-state index in [1.165, 1.54) is 28.4 Å². The Kier molecular flexibility index (Phi) is 4.16. The third kappa shape index (κ3) is 2.54. The van der Waals surface area contributed by atoms with Gasteiger partial charge in [-0.1, -0.05) is 11.8 Å². The molecule has 17 heavy (non-hydrogen) atoms.